The minimum Gasteiger partial charge on any atom is -0.370 e. The molecule has 0 saturated heterocycles. The first-order valence-electron chi connectivity index (χ1n) is 5.41. The third kappa shape index (κ3) is 3.52. The molecule has 0 aromatic heterocycles. The molecule has 6 nitrogen and oxygen atoms in total. The molecule has 0 fully saturated rings. The molecule has 0 radical (unpaired) electrons. The molecule has 1 atom stereocenters. The van der Waals surface area contributed by atoms with Crippen LogP contribution in [-0.2, 0) is 0 Å². The molecular weight excluding hydrogens is 204 g/mol. The average molecular weight is 224 g/mol. The van der Waals surface area contributed by atoms with Gasteiger partial charge in [-0.25, -0.2) is 0 Å². The Morgan fingerprint density at radius 2 is 2.31 bits per heavy atom. The molecule has 90 valence electrons. The third-order valence-corrected chi connectivity index (χ3v) is 2.84. The molecule has 16 heavy (non-hydrogen) atoms. The lowest BCUT2D eigenvalue weighted by Crippen LogP contribution is -2.32. The molecular formula is C10H20N6. The van der Waals surface area contributed by atoms with Crippen molar-refractivity contribution < 1.29 is 0 Å². The zero-order chi connectivity index (χ0) is 12.1. The molecule has 1 heterocycles. The minimum atomic E-state index is -0.0736. The van der Waals surface area contributed by atoms with Crippen molar-refractivity contribution in [1.29, 1.82) is 5.41 Å². The summed E-state index contributed by atoms with van der Waals surface area (Å²) in [5.41, 5.74) is 11.6. The van der Waals surface area contributed by atoms with Crippen LogP contribution in [0.4, 0.5) is 0 Å². The number of aliphatic imine (C=N–C) groups is 2. The van der Waals surface area contributed by atoms with Gasteiger partial charge in [-0.15, -0.1) is 0 Å². The highest BCUT2D eigenvalue weighted by Gasteiger charge is 2.17. The van der Waals surface area contributed by atoms with Crippen LogP contribution in [0.1, 0.15) is 19.8 Å². The predicted molar refractivity (Wildman–Crippen MR) is 66.9 cm³/mol. The van der Waals surface area contributed by atoms with Crippen LogP contribution >= 0.6 is 0 Å². The van der Waals surface area contributed by atoms with E-state index in [2.05, 4.69) is 16.9 Å². The van der Waals surface area contributed by atoms with Gasteiger partial charge in [-0.05, 0) is 25.7 Å². The normalized spacial score (nSPS) is 19.1. The van der Waals surface area contributed by atoms with E-state index in [1.165, 1.54) is 5.71 Å². The van der Waals surface area contributed by atoms with Crippen molar-refractivity contribution >= 4 is 17.6 Å². The van der Waals surface area contributed by atoms with Crippen LogP contribution in [0, 0.1) is 11.3 Å². The van der Waals surface area contributed by atoms with E-state index >= 15 is 0 Å². The molecule has 0 amide bonds. The summed E-state index contributed by atoms with van der Waals surface area (Å²) < 4.78 is 0. The summed E-state index contributed by atoms with van der Waals surface area (Å²) in [4.78, 5) is 9.80. The Labute approximate surface area is 95.9 Å². The number of rotatable bonds is 3. The SMILES string of the molecule is CC1=NCCC1CCN(C)C(=N)N=C(N)N. The summed E-state index contributed by atoms with van der Waals surface area (Å²) in [6, 6.07) is 0. The zero-order valence-corrected chi connectivity index (χ0v) is 9.90. The molecule has 5 N–H and O–H groups in total. The second-order valence-electron chi connectivity index (χ2n) is 4.08. The molecule has 1 rings (SSSR count). The minimum absolute atomic E-state index is 0.0736. The fourth-order valence-electron chi connectivity index (χ4n) is 1.75. The summed E-state index contributed by atoms with van der Waals surface area (Å²) in [5.74, 6) is 0.581. The number of hydrogen-bond acceptors (Lipinski definition) is 2. The number of nitrogens with zero attached hydrogens (tertiary/aromatic N) is 3. The summed E-state index contributed by atoms with van der Waals surface area (Å²) in [6.07, 6.45) is 2.11. The smallest absolute Gasteiger partial charge is 0.220 e. The van der Waals surface area contributed by atoms with Gasteiger partial charge in [0.25, 0.3) is 0 Å². The number of nitrogens with two attached hydrogens (primary N) is 2. The van der Waals surface area contributed by atoms with Crippen molar-refractivity contribution in [3.63, 3.8) is 0 Å². The fraction of sp³-hybridized carbons (Fsp3) is 0.700. The van der Waals surface area contributed by atoms with Crippen LogP contribution in [0.15, 0.2) is 9.98 Å². The maximum absolute atomic E-state index is 7.60. The Balaban J connectivity index is 2.35. The van der Waals surface area contributed by atoms with Crippen LogP contribution in [0.2, 0.25) is 0 Å². The number of guanidine groups is 2. The molecule has 0 aliphatic carbocycles. The van der Waals surface area contributed by atoms with Gasteiger partial charge in [0.1, 0.15) is 0 Å². The van der Waals surface area contributed by atoms with E-state index < -0.39 is 0 Å². The second kappa shape index (κ2) is 5.48. The van der Waals surface area contributed by atoms with E-state index in [0.717, 1.165) is 25.9 Å². The molecule has 0 bridgehead atoms. The van der Waals surface area contributed by atoms with Crippen molar-refractivity contribution in [2.45, 2.75) is 19.8 Å². The van der Waals surface area contributed by atoms with Crippen molar-refractivity contribution in [3.8, 4) is 0 Å². The van der Waals surface area contributed by atoms with Crippen molar-refractivity contribution in [1.82, 2.24) is 4.90 Å². The maximum Gasteiger partial charge on any atom is 0.220 e. The van der Waals surface area contributed by atoms with Crippen LogP contribution in [-0.4, -0.2) is 42.7 Å². The lowest BCUT2D eigenvalue weighted by molar-refractivity contribution is 0.444. The molecule has 0 spiro atoms. The van der Waals surface area contributed by atoms with Crippen LogP contribution < -0.4 is 11.5 Å². The van der Waals surface area contributed by atoms with E-state index in [-0.39, 0.29) is 11.9 Å². The Morgan fingerprint density at radius 3 is 2.81 bits per heavy atom. The van der Waals surface area contributed by atoms with Gasteiger partial charge >= 0.3 is 0 Å². The molecule has 0 aromatic rings. The van der Waals surface area contributed by atoms with Gasteiger partial charge in [0.15, 0.2) is 5.96 Å². The molecule has 6 heteroatoms. The Morgan fingerprint density at radius 1 is 1.62 bits per heavy atom. The monoisotopic (exact) mass is 224 g/mol. The van der Waals surface area contributed by atoms with E-state index in [4.69, 9.17) is 16.9 Å². The van der Waals surface area contributed by atoms with E-state index in [1.807, 2.05) is 7.05 Å². The highest BCUT2D eigenvalue weighted by atomic mass is 15.2. The Bertz CT molecular complexity index is 315. The quantitative estimate of drug-likeness (QED) is 0.464. The number of nitrogens with one attached hydrogen (secondary N) is 1. The van der Waals surface area contributed by atoms with Gasteiger partial charge in [-0.3, -0.25) is 10.4 Å². The summed E-state index contributed by atoms with van der Waals surface area (Å²) >= 11 is 0. The van der Waals surface area contributed by atoms with Gasteiger partial charge < -0.3 is 16.4 Å². The molecule has 1 unspecified atom stereocenters. The first kappa shape index (κ1) is 12.5. The van der Waals surface area contributed by atoms with Crippen molar-refractivity contribution in [2.75, 3.05) is 20.1 Å². The Kier molecular flexibility index (Phi) is 4.28. The largest absolute Gasteiger partial charge is 0.370 e. The van der Waals surface area contributed by atoms with Gasteiger partial charge in [0, 0.05) is 25.8 Å². The zero-order valence-electron chi connectivity index (χ0n) is 9.90. The summed E-state index contributed by atoms with van der Waals surface area (Å²) in [6.45, 7) is 3.78. The van der Waals surface area contributed by atoms with Gasteiger partial charge in [0.2, 0.25) is 5.96 Å². The molecule has 0 aromatic carbocycles. The predicted octanol–water partition coefficient (Wildman–Crippen LogP) is -0.00273. The molecule has 1 aliphatic heterocycles. The molecule has 1 aliphatic rings. The lowest BCUT2D eigenvalue weighted by atomic mass is 9.99. The fourth-order valence-corrected chi connectivity index (χ4v) is 1.75. The first-order valence-corrected chi connectivity index (χ1v) is 5.41. The third-order valence-electron chi connectivity index (χ3n) is 2.84. The molecule has 0 saturated carbocycles. The summed E-state index contributed by atoms with van der Waals surface area (Å²) in [7, 11) is 1.82. The highest BCUT2D eigenvalue weighted by molar-refractivity contribution is 5.91. The topological polar surface area (TPSA) is 104 Å². The van der Waals surface area contributed by atoms with Crippen molar-refractivity contribution in [2.24, 2.45) is 27.4 Å². The standard InChI is InChI=1S/C10H20N6/c1-7-8(3-5-14-7)4-6-16(2)10(13)15-9(11)12/h8H,3-6H2,1-2H3,(H5,11,12,13,15). The maximum atomic E-state index is 7.60. The van der Waals surface area contributed by atoms with Gasteiger partial charge in [0.05, 0.1) is 0 Å². The Hall–Kier alpha value is -1.59. The van der Waals surface area contributed by atoms with Gasteiger partial charge in [-0.2, -0.15) is 4.99 Å². The van der Waals surface area contributed by atoms with Crippen LogP contribution in [0.5, 0.6) is 0 Å². The number of hydrogen-bond donors (Lipinski definition) is 3. The van der Waals surface area contributed by atoms with Crippen LogP contribution in [0.25, 0.3) is 0 Å². The summed E-state index contributed by atoms with van der Waals surface area (Å²) in [5, 5.41) is 7.60. The van der Waals surface area contributed by atoms with E-state index in [0.29, 0.717) is 5.92 Å². The van der Waals surface area contributed by atoms with Crippen molar-refractivity contribution in [3.05, 3.63) is 0 Å². The van der Waals surface area contributed by atoms with E-state index in [9.17, 15) is 0 Å². The average Bonchev–Trinajstić information content (AvgIpc) is 2.59. The highest BCUT2D eigenvalue weighted by Crippen LogP contribution is 2.17. The second-order valence-corrected chi connectivity index (χ2v) is 4.08. The van der Waals surface area contributed by atoms with E-state index in [1.54, 1.807) is 4.90 Å². The van der Waals surface area contributed by atoms with Crippen LogP contribution in [0.3, 0.4) is 0 Å². The lowest BCUT2D eigenvalue weighted by Gasteiger charge is -2.19. The first-order chi connectivity index (χ1) is 7.50. The van der Waals surface area contributed by atoms with Gasteiger partial charge in [-0.1, -0.05) is 0 Å².